The van der Waals surface area contributed by atoms with Crippen LogP contribution >= 0.6 is 0 Å². The minimum absolute atomic E-state index is 0.257. The van der Waals surface area contributed by atoms with Crippen LogP contribution < -0.4 is 10.0 Å². The summed E-state index contributed by atoms with van der Waals surface area (Å²) in [5, 5.41) is 3.26. The van der Waals surface area contributed by atoms with Gasteiger partial charge in [-0.3, -0.25) is 0 Å². The van der Waals surface area contributed by atoms with Crippen LogP contribution in [0.2, 0.25) is 0 Å². The fraction of sp³-hybridized carbons (Fsp3) is 0.538. The molecule has 1 unspecified atom stereocenters. The molecule has 2 N–H and O–H groups in total. The van der Waals surface area contributed by atoms with Crippen molar-refractivity contribution in [2.45, 2.75) is 44.6 Å². The number of rotatable bonds is 7. The number of hydrogen-bond acceptors (Lipinski definition) is 3. The van der Waals surface area contributed by atoms with Gasteiger partial charge in [0, 0.05) is 12.6 Å². The van der Waals surface area contributed by atoms with E-state index in [1.54, 1.807) is 25.1 Å². The summed E-state index contributed by atoms with van der Waals surface area (Å²) < 4.78 is 26.6. The summed E-state index contributed by atoms with van der Waals surface area (Å²) in [6.45, 7) is 6.33. The summed E-state index contributed by atoms with van der Waals surface area (Å²) in [7, 11) is -3.41. The zero-order chi connectivity index (χ0) is 13.6. The Bertz CT molecular complexity index is 472. The van der Waals surface area contributed by atoms with Crippen molar-refractivity contribution in [1.82, 2.24) is 4.72 Å². The molecule has 1 atom stereocenters. The van der Waals surface area contributed by atoms with Crippen molar-refractivity contribution in [1.29, 1.82) is 0 Å². The second-order valence-corrected chi connectivity index (χ2v) is 6.07. The minimum atomic E-state index is -3.41. The largest absolute Gasteiger partial charge is 0.381 e. The Labute approximate surface area is 110 Å². The van der Waals surface area contributed by atoms with E-state index in [0.29, 0.717) is 17.1 Å². The summed E-state index contributed by atoms with van der Waals surface area (Å²) in [5.41, 5.74) is 0.666. The highest BCUT2D eigenvalue weighted by molar-refractivity contribution is 7.89. The van der Waals surface area contributed by atoms with Crippen LogP contribution in [-0.4, -0.2) is 21.0 Å². The number of para-hydroxylation sites is 1. The molecular weight excluding hydrogens is 248 g/mol. The maximum absolute atomic E-state index is 12.0. The quantitative estimate of drug-likeness (QED) is 0.800. The molecule has 1 aromatic rings. The monoisotopic (exact) mass is 270 g/mol. The van der Waals surface area contributed by atoms with Gasteiger partial charge < -0.3 is 5.32 Å². The van der Waals surface area contributed by atoms with Gasteiger partial charge in [0.15, 0.2) is 0 Å². The average Bonchev–Trinajstić information content (AvgIpc) is 2.29. The molecule has 0 aliphatic carbocycles. The maximum Gasteiger partial charge on any atom is 0.242 e. The third-order valence-electron chi connectivity index (χ3n) is 2.63. The lowest BCUT2D eigenvalue weighted by atomic mass is 10.2. The molecule has 0 fully saturated rings. The molecule has 0 bridgehead atoms. The number of sulfonamides is 1. The van der Waals surface area contributed by atoms with E-state index in [1.165, 1.54) is 0 Å². The van der Waals surface area contributed by atoms with Crippen molar-refractivity contribution < 1.29 is 8.42 Å². The molecule has 1 aromatic carbocycles. The molecule has 0 radical (unpaired) electrons. The van der Waals surface area contributed by atoms with Crippen LogP contribution in [0.5, 0.6) is 0 Å². The molecule has 102 valence electrons. The molecule has 0 spiro atoms. The second-order valence-electron chi connectivity index (χ2n) is 4.33. The van der Waals surface area contributed by atoms with Crippen molar-refractivity contribution in [2.75, 3.05) is 11.9 Å². The first-order chi connectivity index (χ1) is 8.51. The standard InChI is InChI=1S/C13H22N2O2S/c1-4-8-11(3)15-12-9-6-7-10-13(12)18(16,17)14-5-2/h6-7,9-11,14-15H,4-5,8H2,1-3H3. The van der Waals surface area contributed by atoms with Crippen LogP contribution in [0, 0.1) is 0 Å². The molecule has 0 saturated heterocycles. The van der Waals surface area contributed by atoms with Gasteiger partial charge in [-0.2, -0.15) is 0 Å². The van der Waals surface area contributed by atoms with Crippen LogP contribution in [0.25, 0.3) is 0 Å². The zero-order valence-corrected chi connectivity index (χ0v) is 12.0. The first kappa shape index (κ1) is 15.0. The van der Waals surface area contributed by atoms with E-state index in [0.717, 1.165) is 12.8 Å². The van der Waals surface area contributed by atoms with Gasteiger partial charge >= 0.3 is 0 Å². The Morgan fingerprint density at radius 1 is 1.22 bits per heavy atom. The van der Waals surface area contributed by atoms with E-state index in [-0.39, 0.29) is 6.04 Å². The third-order valence-corrected chi connectivity index (χ3v) is 4.24. The van der Waals surface area contributed by atoms with Crippen LogP contribution in [0.4, 0.5) is 5.69 Å². The second kappa shape index (κ2) is 6.75. The Morgan fingerprint density at radius 2 is 1.89 bits per heavy atom. The van der Waals surface area contributed by atoms with E-state index >= 15 is 0 Å². The average molecular weight is 270 g/mol. The zero-order valence-electron chi connectivity index (χ0n) is 11.2. The third kappa shape index (κ3) is 3.99. The first-order valence-electron chi connectivity index (χ1n) is 6.36. The number of hydrogen-bond donors (Lipinski definition) is 2. The fourth-order valence-corrected chi connectivity index (χ4v) is 3.07. The van der Waals surface area contributed by atoms with Gasteiger partial charge in [0.05, 0.1) is 5.69 Å². The summed E-state index contributed by atoms with van der Waals surface area (Å²) in [4.78, 5) is 0.315. The Hall–Kier alpha value is -1.07. The summed E-state index contributed by atoms with van der Waals surface area (Å²) in [5.74, 6) is 0. The van der Waals surface area contributed by atoms with Crippen molar-refractivity contribution in [2.24, 2.45) is 0 Å². The first-order valence-corrected chi connectivity index (χ1v) is 7.84. The van der Waals surface area contributed by atoms with Crippen LogP contribution in [0.3, 0.4) is 0 Å². The maximum atomic E-state index is 12.0. The molecular formula is C13H22N2O2S. The molecule has 0 aromatic heterocycles. The Kier molecular flexibility index (Phi) is 5.62. The Balaban J connectivity index is 3.00. The van der Waals surface area contributed by atoms with Crippen LogP contribution in [0.15, 0.2) is 29.2 Å². The van der Waals surface area contributed by atoms with Crippen LogP contribution in [0.1, 0.15) is 33.6 Å². The highest BCUT2D eigenvalue weighted by Gasteiger charge is 2.17. The number of anilines is 1. The van der Waals surface area contributed by atoms with Gasteiger partial charge in [-0.15, -0.1) is 0 Å². The van der Waals surface area contributed by atoms with Crippen molar-refractivity contribution in [3.63, 3.8) is 0 Å². The van der Waals surface area contributed by atoms with Gasteiger partial charge in [-0.25, -0.2) is 13.1 Å². The van der Waals surface area contributed by atoms with Crippen molar-refractivity contribution >= 4 is 15.7 Å². The molecule has 0 heterocycles. The van der Waals surface area contributed by atoms with Crippen molar-refractivity contribution in [3.05, 3.63) is 24.3 Å². The topological polar surface area (TPSA) is 58.2 Å². The fourth-order valence-electron chi connectivity index (χ4n) is 1.86. The van der Waals surface area contributed by atoms with E-state index < -0.39 is 10.0 Å². The van der Waals surface area contributed by atoms with Gasteiger partial charge in [0.1, 0.15) is 4.90 Å². The normalized spacial score (nSPS) is 13.3. The lowest BCUT2D eigenvalue weighted by Gasteiger charge is -2.17. The van der Waals surface area contributed by atoms with E-state index in [2.05, 4.69) is 23.9 Å². The van der Waals surface area contributed by atoms with E-state index in [1.807, 2.05) is 6.07 Å². The van der Waals surface area contributed by atoms with Gasteiger partial charge in [0.2, 0.25) is 10.0 Å². The van der Waals surface area contributed by atoms with Crippen molar-refractivity contribution in [3.8, 4) is 0 Å². The van der Waals surface area contributed by atoms with Crippen LogP contribution in [-0.2, 0) is 10.0 Å². The minimum Gasteiger partial charge on any atom is -0.381 e. The summed E-state index contributed by atoms with van der Waals surface area (Å²) in [6.07, 6.45) is 2.08. The number of nitrogens with one attached hydrogen (secondary N) is 2. The number of benzene rings is 1. The SMILES string of the molecule is CCCC(C)Nc1ccccc1S(=O)(=O)NCC. The summed E-state index contributed by atoms with van der Waals surface area (Å²) in [6, 6.07) is 7.26. The summed E-state index contributed by atoms with van der Waals surface area (Å²) >= 11 is 0. The van der Waals surface area contributed by atoms with Gasteiger partial charge in [-0.1, -0.05) is 32.4 Å². The molecule has 1 rings (SSSR count). The molecule has 0 aliphatic rings. The lowest BCUT2D eigenvalue weighted by molar-refractivity contribution is 0.584. The van der Waals surface area contributed by atoms with E-state index in [9.17, 15) is 8.42 Å². The molecule has 0 saturated carbocycles. The van der Waals surface area contributed by atoms with E-state index in [4.69, 9.17) is 0 Å². The molecule has 0 aliphatic heterocycles. The molecule has 0 amide bonds. The lowest BCUT2D eigenvalue weighted by Crippen LogP contribution is -2.25. The van der Waals surface area contributed by atoms with Gasteiger partial charge in [0.25, 0.3) is 0 Å². The Morgan fingerprint density at radius 3 is 2.50 bits per heavy atom. The smallest absolute Gasteiger partial charge is 0.242 e. The molecule has 4 nitrogen and oxygen atoms in total. The predicted molar refractivity (Wildman–Crippen MR) is 75.3 cm³/mol. The highest BCUT2D eigenvalue weighted by Crippen LogP contribution is 2.21. The molecule has 18 heavy (non-hydrogen) atoms. The highest BCUT2D eigenvalue weighted by atomic mass is 32.2. The predicted octanol–water partition coefficient (Wildman–Crippen LogP) is 2.59. The van der Waals surface area contributed by atoms with Gasteiger partial charge in [-0.05, 0) is 25.5 Å². The molecule has 5 heteroatoms.